The van der Waals surface area contributed by atoms with Gasteiger partial charge in [-0.1, -0.05) is 24.3 Å². The third kappa shape index (κ3) is 2.27. The van der Waals surface area contributed by atoms with Gasteiger partial charge in [-0.15, -0.1) is 0 Å². The van der Waals surface area contributed by atoms with Crippen LogP contribution in [0, 0.1) is 5.92 Å². The van der Waals surface area contributed by atoms with Gasteiger partial charge >= 0.3 is 5.97 Å². The van der Waals surface area contributed by atoms with Gasteiger partial charge in [0.1, 0.15) is 6.10 Å². The molecule has 3 heteroatoms. The average Bonchev–Trinajstić information content (AvgIpc) is 2.83. The van der Waals surface area contributed by atoms with Crippen LogP contribution in [-0.4, -0.2) is 19.1 Å². The van der Waals surface area contributed by atoms with Gasteiger partial charge in [-0.25, -0.2) is 0 Å². The van der Waals surface area contributed by atoms with E-state index in [-0.39, 0.29) is 18.0 Å². The van der Waals surface area contributed by atoms with Crippen LogP contribution in [0.25, 0.3) is 0 Å². The summed E-state index contributed by atoms with van der Waals surface area (Å²) in [6.07, 6.45) is 3.78. The number of fused-ring (bicyclic) bond motifs is 1. The van der Waals surface area contributed by atoms with Crippen molar-refractivity contribution < 1.29 is 9.53 Å². The van der Waals surface area contributed by atoms with Gasteiger partial charge in [0.2, 0.25) is 0 Å². The van der Waals surface area contributed by atoms with Crippen LogP contribution in [0.5, 0.6) is 0 Å². The number of ether oxygens (including phenoxy) is 1. The highest BCUT2D eigenvalue weighted by Gasteiger charge is 2.29. The molecule has 0 aromatic heterocycles. The number of carbonyl (C=O) groups excluding carboxylic acids is 1. The summed E-state index contributed by atoms with van der Waals surface area (Å²) >= 11 is 0. The number of benzene rings is 1. The zero-order valence-electron chi connectivity index (χ0n) is 10.5. The number of carbonyl (C=O) groups is 1. The summed E-state index contributed by atoms with van der Waals surface area (Å²) < 4.78 is 5.71. The summed E-state index contributed by atoms with van der Waals surface area (Å²) in [6.45, 7) is 1.86. The van der Waals surface area contributed by atoms with E-state index in [1.807, 2.05) is 6.07 Å². The van der Waals surface area contributed by atoms with Crippen LogP contribution in [0.2, 0.25) is 0 Å². The van der Waals surface area contributed by atoms with Gasteiger partial charge in [0.25, 0.3) is 0 Å². The summed E-state index contributed by atoms with van der Waals surface area (Å²) in [7, 11) is 0. The first-order valence-corrected chi connectivity index (χ1v) is 6.83. The topological polar surface area (TPSA) is 38.3 Å². The molecular formula is C15H19NO2. The molecular weight excluding hydrogens is 226 g/mol. The first kappa shape index (κ1) is 11.7. The Morgan fingerprint density at radius 1 is 1.17 bits per heavy atom. The van der Waals surface area contributed by atoms with Gasteiger partial charge in [-0.3, -0.25) is 4.79 Å². The highest BCUT2D eigenvalue weighted by Crippen LogP contribution is 2.34. The van der Waals surface area contributed by atoms with Gasteiger partial charge in [-0.2, -0.15) is 0 Å². The molecule has 1 heterocycles. The van der Waals surface area contributed by atoms with Gasteiger partial charge in [0.15, 0.2) is 0 Å². The fourth-order valence-corrected chi connectivity index (χ4v) is 2.93. The van der Waals surface area contributed by atoms with E-state index in [9.17, 15) is 4.79 Å². The van der Waals surface area contributed by atoms with Crippen molar-refractivity contribution >= 4 is 5.97 Å². The maximum atomic E-state index is 12.1. The predicted molar refractivity (Wildman–Crippen MR) is 69.2 cm³/mol. The summed E-state index contributed by atoms with van der Waals surface area (Å²) in [5.74, 6) is 0.0946. The van der Waals surface area contributed by atoms with Crippen LogP contribution in [0.4, 0.5) is 0 Å². The molecule has 1 N–H and O–H groups in total. The first-order chi connectivity index (χ1) is 8.84. The van der Waals surface area contributed by atoms with E-state index in [0.717, 1.165) is 38.8 Å². The quantitative estimate of drug-likeness (QED) is 0.812. The predicted octanol–water partition coefficient (Wildman–Crippen LogP) is 2.22. The zero-order chi connectivity index (χ0) is 12.4. The molecule has 96 valence electrons. The van der Waals surface area contributed by atoms with Crippen molar-refractivity contribution in [2.75, 3.05) is 13.1 Å². The lowest BCUT2D eigenvalue weighted by Crippen LogP contribution is -2.33. The van der Waals surface area contributed by atoms with Crippen LogP contribution < -0.4 is 5.32 Å². The Kier molecular flexibility index (Phi) is 3.33. The van der Waals surface area contributed by atoms with E-state index >= 15 is 0 Å². The number of aryl methyl sites for hydroxylation is 1. The molecule has 3 nitrogen and oxygen atoms in total. The molecule has 1 aliphatic heterocycles. The fraction of sp³-hybridized carbons (Fsp3) is 0.533. The molecule has 0 amide bonds. The van der Waals surface area contributed by atoms with Crippen molar-refractivity contribution in [3.8, 4) is 0 Å². The minimum absolute atomic E-state index is 0.00166. The average molecular weight is 245 g/mol. The second kappa shape index (κ2) is 5.11. The molecule has 1 aromatic carbocycles. The minimum atomic E-state index is -0.0106. The van der Waals surface area contributed by atoms with Gasteiger partial charge < -0.3 is 10.1 Å². The third-order valence-electron chi connectivity index (χ3n) is 4.01. The van der Waals surface area contributed by atoms with E-state index in [1.54, 1.807) is 0 Å². The molecule has 18 heavy (non-hydrogen) atoms. The molecule has 1 fully saturated rings. The third-order valence-corrected chi connectivity index (χ3v) is 4.01. The number of piperidine rings is 1. The van der Waals surface area contributed by atoms with Crippen LogP contribution >= 0.6 is 0 Å². The van der Waals surface area contributed by atoms with Crippen molar-refractivity contribution in [1.82, 2.24) is 5.32 Å². The number of esters is 1. The van der Waals surface area contributed by atoms with E-state index in [1.165, 1.54) is 11.1 Å². The summed E-state index contributed by atoms with van der Waals surface area (Å²) in [5, 5.41) is 3.27. The Hall–Kier alpha value is -1.35. The maximum Gasteiger partial charge on any atom is 0.309 e. The van der Waals surface area contributed by atoms with Crippen LogP contribution in [0.15, 0.2) is 24.3 Å². The molecule has 3 rings (SSSR count). The number of hydrogen-bond donors (Lipinski definition) is 1. The highest BCUT2D eigenvalue weighted by atomic mass is 16.5. The Balaban J connectivity index is 1.65. The SMILES string of the molecule is O=C(OC1CCc2ccccc21)C1CCNCC1. The maximum absolute atomic E-state index is 12.1. The lowest BCUT2D eigenvalue weighted by atomic mass is 9.98. The second-order valence-electron chi connectivity index (χ2n) is 5.19. The smallest absolute Gasteiger partial charge is 0.309 e. The standard InChI is InChI=1S/C15H19NO2/c17-15(12-7-9-16-10-8-12)18-14-6-5-11-3-1-2-4-13(11)14/h1-4,12,14,16H,5-10H2. The largest absolute Gasteiger partial charge is 0.457 e. The summed E-state index contributed by atoms with van der Waals surface area (Å²) in [5.41, 5.74) is 2.54. The highest BCUT2D eigenvalue weighted by molar-refractivity contribution is 5.73. The fourth-order valence-electron chi connectivity index (χ4n) is 2.93. The Labute approximate surface area is 108 Å². The minimum Gasteiger partial charge on any atom is -0.457 e. The molecule has 0 spiro atoms. The molecule has 0 radical (unpaired) electrons. The van der Waals surface area contributed by atoms with Crippen molar-refractivity contribution in [2.24, 2.45) is 5.92 Å². The molecule has 0 bridgehead atoms. The summed E-state index contributed by atoms with van der Waals surface area (Å²) in [6, 6.07) is 8.29. The molecule has 1 aliphatic carbocycles. The molecule has 1 aromatic rings. The van der Waals surface area contributed by atoms with E-state index in [4.69, 9.17) is 4.74 Å². The van der Waals surface area contributed by atoms with Gasteiger partial charge in [0.05, 0.1) is 5.92 Å². The Morgan fingerprint density at radius 2 is 1.94 bits per heavy atom. The second-order valence-corrected chi connectivity index (χ2v) is 5.19. The van der Waals surface area contributed by atoms with E-state index in [2.05, 4.69) is 23.5 Å². The molecule has 1 saturated heterocycles. The van der Waals surface area contributed by atoms with Crippen molar-refractivity contribution in [1.29, 1.82) is 0 Å². The zero-order valence-corrected chi connectivity index (χ0v) is 10.5. The summed E-state index contributed by atoms with van der Waals surface area (Å²) in [4.78, 5) is 12.1. The Morgan fingerprint density at radius 3 is 2.78 bits per heavy atom. The number of hydrogen-bond acceptors (Lipinski definition) is 3. The first-order valence-electron chi connectivity index (χ1n) is 6.83. The number of nitrogens with one attached hydrogen (secondary N) is 1. The van der Waals surface area contributed by atoms with Gasteiger partial charge in [-0.05, 0) is 49.9 Å². The lowest BCUT2D eigenvalue weighted by Gasteiger charge is -2.23. The monoisotopic (exact) mass is 245 g/mol. The molecule has 1 atom stereocenters. The van der Waals surface area contributed by atoms with Crippen LogP contribution in [0.1, 0.15) is 36.5 Å². The van der Waals surface area contributed by atoms with Crippen LogP contribution in [0.3, 0.4) is 0 Å². The van der Waals surface area contributed by atoms with Crippen molar-refractivity contribution in [2.45, 2.75) is 31.8 Å². The Bertz CT molecular complexity index is 438. The molecule has 2 aliphatic rings. The van der Waals surface area contributed by atoms with Crippen molar-refractivity contribution in [3.05, 3.63) is 35.4 Å². The molecule has 1 unspecified atom stereocenters. The molecule has 0 saturated carbocycles. The lowest BCUT2D eigenvalue weighted by molar-refractivity contribution is -0.155. The van der Waals surface area contributed by atoms with Crippen molar-refractivity contribution in [3.63, 3.8) is 0 Å². The normalized spacial score (nSPS) is 23.7. The van der Waals surface area contributed by atoms with Crippen LogP contribution in [-0.2, 0) is 16.0 Å². The van der Waals surface area contributed by atoms with E-state index in [0.29, 0.717) is 0 Å². The number of rotatable bonds is 2. The van der Waals surface area contributed by atoms with Gasteiger partial charge in [0, 0.05) is 0 Å². The van der Waals surface area contributed by atoms with E-state index < -0.39 is 0 Å².